The van der Waals surface area contributed by atoms with Crippen molar-refractivity contribution in [2.24, 2.45) is 0 Å². The van der Waals surface area contributed by atoms with E-state index < -0.39 is 9.84 Å². The highest BCUT2D eigenvalue weighted by atomic mass is 32.2. The largest absolute Gasteiger partial charge is 0.422 e. The van der Waals surface area contributed by atoms with E-state index in [1.54, 1.807) is 7.05 Å². The van der Waals surface area contributed by atoms with Crippen molar-refractivity contribution in [1.29, 1.82) is 0 Å². The summed E-state index contributed by atoms with van der Waals surface area (Å²) < 4.78 is 27.2. The summed E-state index contributed by atoms with van der Waals surface area (Å²) in [6.45, 7) is 1.97. The molecule has 0 aliphatic rings. The van der Waals surface area contributed by atoms with Crippen molar-refractivity contribution < 1.29 is 12.8 Å². The minimum atomic E-state index is -3.12. The first-order valence-electron chi connectivity index (χ1n) is 4.63. The third-order valence-corrected chi connectivity index (χ3v) is 2.69. The molecule has 0 spiro atoms. The number of aromatic nitrogens is 2. The Labute approximate surface area is 89.0 Å². The van der Waals surface area contributed by atoms with Crippen LogP contribution in [-0.4, -0.2) is 31.9 Å². The summed E-state index contributed by atoms with van der Waals surface area (Å²) in [5.74, 6) is 0.361. The number of sulfone groups is 1. The van der Waals surface area contributed by atoms with Crippen LogP contribution < -0.4 is 5.32 Å². The van der Waals surface area contributed by atoms with Crippen LogP contribution in [0.25, 0.3) is 0 Å². The van der Waals surface area contributed by atoms with Gasteiger partial charge in [0, 0.05) is 6.26 Å². The van der Waals surface area contributed by atoms with E-state index in [4.69, 9.17) is 4.42 Å². The summed E-state index contributed by atoms with van der Waals surface area (Å²) in [4.78, 5) is 0. The quantitative estimate of drug-likeness (QED) is 0.786. The van der Waals surface area contributed by atoms with E-state index in [2.05, 4.69) is 15.5 Å². The van der Waals surface area contributed by atoms with Crippen molar-refractivity contribution in [3.05, 3.63) is 11.8 Å². The van der Waals surface area contributed by atoms with Crippen LogP contribution in [0.4, 0.5) is 0 Å². The number of nitrogens with one attached hydrogen (secondary N) is 1. The Kier molecular flexibility index (Phi) is 3.81. The van der Waals surface area contributed by atoms with Gasteiger partial charge in [0.25, 0.3) is 0 Å². The molecule has 1 aromatic rings. The van der Waals surface area contributed by atoms with Crippen molar-refractivity contribution in [2.45, 2.75) is 25.1 Å². The Hall–Kier alpha value is -0.950. The van der Waals surface area contributed by atoms with Gasteiger partial charge < -0.3 is 9.73 Å². The lowest BCUT2D eigenvalue weighted by Crippen LogP contribution is -2.15. The molecule has 0 amide bonds. The zero-order chi connectivity index (χ0) is 11.5. The summed E-state index contributed by atoms with van der Waals surface area (Å²) in [6, 6.07) is -0.0224. The predicted octanol–water partition coefficient (Wildman–Crippen LogP) is 0.285. The highest BCUT2D eigenvalue weighted by Gasteiger charge is 2.17. The van der Waals surface area contributed by atoms with Gasteiger partial charge in [0.05, 0.1) is 6.04 Å². The monoisotopic (exact) mass is 233 g/mol. The predicted molar refractivity (Wildman–Crippen MR) is 54.9 cm³/mol. The first-order valence-corrected chi connectivity index (χ1v) is 6.69. The molecule has 86 valence electrons. The van der Waals surface area contributed by atoms with Gasteiger partial charge in [0.2, 0.25) is 11.8 Å². The zero-order valence-electron chi connectivity index (χ0n) is 9.02. The summed E-state index contributed by atoms with van der Waals surface area (Å²) in [5.41, 5.74) is 0. The lowest BCUT2D eigenvalue weighted by atomic mass is 10.2. The average molecular weight is 233 g/mol. The maximum absolute atomic E-state index is 11.0. The van der Waals surface area contributed by atoms with E-state index in [-0.39, 0.29) is 17.7 Å². The van der Waals surface area contributed by atoms with Crippen LogP contribution >= 0.6 is 0 Å². The second-order valence-corrected chi connectivity index (χ2v) is 5.49. The van der Waals surface area contributed by atoms with Gasteiger partial charge in [-0.25, -0.2) is 8.42 Å². The Bertz CT molecular complexity index is 409. The van der Waals surface area contributed by atoms with Crippen molar-refractivity contribution in [1.82, 2.24) is 15.5 Å². The van der Waals surface area contributed by atoms with Crippen molar-refractivity contribution in [2.75, 3.05) is 13.3 Å². The average Bonchev–Trinajstić information content (AvgIpc) is 2.52. The van der Waals surface area contributed by atoms with Crippen LogP contribution in [0.15, 0.2) is 4.42 Å². The highest BCUT2D eigenvalue weighted by molar-refractivity contribution is 7.89. The van der Waals surface area contributed by atoms with Gasteiger partial charge in [0.1, 0.15) is 5.75 Å². The first-order chi connectivity index (χ1) is 6.96. The van der Waals surface area contributed by atoms with Gasteiger partial charge in [-0.3, -0.25) is 0 Å². The molecule has 7 heteroatoms. The third kappa shape index (κ3) is 3.60. The molecule has 1 aromatic heterocycles. The van der Waals surface area contributed by atoms with E-state index in [0.717, 1.165) is 12.7 Å². The number of hydrogen-bond acceptors (Lipinski definition) is 6. The van der Waals surface area contributed by atoms with Gasteiger partial charge in [-0.2, -0.15) is 0 Å². The van der Waals surface area contributed by atoms with Gasteiger partial charge in [-0.1, -0.05) is 6.92 Å². The molecule has 1 heterocycles. The highest BCUT2D eigenvalue weighted by Crippen LogP contribution is 2.15. The van der Waals surface area contributed by atoms with Crippen molar-refractivity contribution >= 4 is 9.84 Å². The molecule has 0 aliphatic carbocycles. The van der Waals surface area contributed by atoms with E-state index in [1.807, 2.05) is 6.92 Å². The number of rotatable bonds is 5. The molecule has 0 saturated heterocycles. The van der Waals surface area contributed by atoms with E-state index in [9.17, 15) is 8.42 Å². The summed E-state index contributed by atoms with van der Waals surface area (Å²) in [7, 11) is -1.33. The SMILES string of the molecule is CCC(NC)c1nnc(CS(C)(=O)=O)o1. The van der Waals surface area contributed by atoms with Crippen LogP contribution in [-0.2, 0) is 15.6 Å². The molecule has 1 unspecified atom stereocenters. The standard InChI is InChI=1S/C8H15N3O3S/c1-4-6(9-2)8-11-10-7(14-8)5-15(3,12)13/h6,9H,4-5H2,1-3H3. The molecule has 0 saturated carbocycles. The van der Waals surface area contributed by atoms with E-state index in [0.29, 0.717) is 5.89 Å². The summed E-state index contributed by atoms with van der Waals surface area (Å²) in [6.07, 6.45) is 1.93. The lowest BCUT2D eigenvalue weighted by molar-refractivity contribution is 0.392. The Balaban J connectivity index is 2.80. The summed E-state index contributed by atoms with van der Waals surface area (Å²) in [5, 5.41) is 10.5. The van der Waals surface area contributed by atoms with Gasteiger partial charge in [0.15, 0.2) is 9.84 Å². The molecule has 1 N–H and O–H groups in total. The normalized spacial score (nSPS) is 14.1. The molecule has 0 bridgehead atoms. The summed E-state index contributed by atoms with van der Waals surface area (Å²) >= 11 is 0. The van der Waals surface area contributed by atoms with E-state index in [1.165, 1.54) is 0 Å². The Morgan fingerprint density at radius 1 is 1.47 bits per heavy atom. The number of hydrogen-bond donors (Lipinski definition) is 1. The smallest absolute Gasteiger partial charge is 0.233 e. The zero-order valence-corrected chi connectivity index (χ0v) is 9.84. The topological polar surface area (TPSA) is 85.1 Å². The van der Waals surface area contributed by atoms with Crippen LogP contribution in [0, 0.1) is 0 Å². The maximum Gasteiger partial charge on any atom is 0.233 e. The second-order valence-electron chi connectivity index (χ2n) is 3.35. The van der Waals surface area contributed by atoms with Crippen molar-refractivity contribution in [3.8, 4) is 0 Å². The molecule has 0 radical (unpaired) electrons. The van der Waals surface area contributed by atoms with Gasteiger partial charge >= 0.3 is 0 Å². The molecule has 0 aliphatic heterocycles. The third-order valence-electron chi connectivity index (χ3n) is 1.92. The van der Waals surface area contributed by atoms with Crippen LogP contribution in [0.3, 0.4) is 0 Å². The fraction of sp³-hybridized carbons (Fsp3) is 0.750. The fourth-order valence-corrected chi connectivity index (χ4v) is 1.76. The van der Waals surface area contributed by atoms with Crippen LogP contribution in [0.1, 0.15) is 31.2 Å². The minimum absolute atomic E-state index is 0.0224. The lowest BCUT2D eigenvalue weighted by Gasteiger charge is -2.06. The van der Waals surface area contributed by atoms with Crippen LogP contribution in [0.2, 0.25) is 0 Å². The maximum atomic E-state index is 11.0. The van der Waals surface area contributed by atoms with E-state index >= 15 is 0 Å². The molecule has 1 atom stereocenters. The molecular formula is C8H15N3O3S. The van der Waals surface area contributed by atoms with Gasteiger partial charge in [-0.05, 0) is 13.5 Å². The Morgan fingerprint density at radius 3 is 2.60 bits per heavy atom. The van der Waals surface area contributed by atoms with Gasteiger partial charge in [-0.15, -0.1) is 10.2 Å². The first kappa shape index (κ1) is 12.1. The molecular weight excluding hydrogens is 218 g/mol. The molecule has 0 aromatic carbocycles. The molecule has 1 rings (SSSR count). The minimum Gasteiger partial charge on any atom is -0.422 e. The van der Waals surface area contributed by atoms with Crippen LogP contribution in [0.5, 0.6) is 0 Å². The molecule has 6 nitrogen and oxygen atoms in total. The van der Waals surface area contributed by atoms with Crippen molar-refractivity contribution in [3.63, 3.8) is 0 Å². The Morgan fingerprint density at radius 2 is 2.13 bits per heavy atom. The number of nitrogens with zero attached hydrogens (tertiary/aromatic N) is 2. The fourth-order valence-electron chi connectivity index (χ4n) is 1.19. The molecule has 0 fully saturated rings. The second kappa shape index (κ2) is 4.71. The molecule has 15 heavy (non-hydrogen) atoms.